The molecule has 1 aromatic carbocycles. The lowest BCUT2D eigenvalue weighted by Crippen LogP contribution is -2.12. The van der Waals surface area contributed by atoms with Crippen LogP contribution in [-0.4, -0.2) is 19.5 Å². The molecule has 0 amide bonds. The number of carbonyl (C=O) groups is 1. The van der Waals surface area contributed by atoms with E-state index < -0.39 is 23.0 Å². The van der Waals surface area contributed by atoms with Crippen molar-refractivity contribution in [2.24, 2.45) is 0 Å². The molecule has 0 unspecified atom stereocenters. The summed E-state index contributed by atoms with van der Waals surface area (Å²) >= 11 is 2.86. The summed E-state index contributed by atoms with van der Waals surface area (Å²) < 4.78 is 30.9. The van der Waals surface area contributed by atoms with Crippen LogP contribution >= 0.6 is 15.9 Å². The zero-order chi connectivity index (χ0) is 10.7. The highest BCUT2D eigenvalue weighted by atomic mass is 79.9. The van der Waals surface area contributed by atoms with Crippen LogP contribution in [0.2, 0.25) is 0 Å². The van der Waals surface area contributed by atoms with Gasteiger partial charge in [0.1, 0.15) is 12.4 Å². The van der Waals surface area contributed by atoms with E-state index in [1.807, 2.05) is 0 Å². The van der Waals surface area contributed by atoms with Crippen LogP contribution in [0.5, 0.6) is 0 Å². The largest absolute Gasteiger partial charge is 0.377 e. The Labute approximate surface area is 88.0 Å². The first kappa shape index (κ1) is 11.3. The maximum absolute atomic E-state index is 13.3. The highest BCUT2D eigenvalue weighted by Gasteiger charge is 2.18. The molecule has 2 nitrogen and oxygen atoms in total. The Hall–Kier alpha value is -0.810. The third kappa shape index (κ3) is 2.16. The van der Waals surface area contributed by atoms with Crippen molar-refractivity contribution >= 4 is 21.7 Å². The van der Waals surface area contributed by atoms with Gasteiger partial charge in [-0.3, -0.25) is 4.79 Å². The molecule has 0 aliphatic heterocycles. The fourth-order valence-electron chi connectivity index (χ4n) is 0.986. The van der Waals surface area contributed by atoms with Crippen LogP contribution in [0.4, 0.5) is 8.78 Å². The highest BCUT2D eigenvalue weighted by Crippen LogP contribution is 2.21. The summed E-state index contributed by atoms with van der Waals surface area (Å²) in [6.45, 7) is -0.343. The molecule has 0 fully saturated rings. The minimum absolute atomic E-state index is 0.0540. The number of ketones is 1. The number of benzene rings is 1. The highest BCUT2D eigenvalue weighted by molar-refractivity contribution is 9.10. The normalized spacial score (nSPS) is 10.3. The molecule has 0 atom stereocenters. The summed E-state index contributed by atoms with van der Waals surface area (Å²) in [5.41, 5.74) is -0.568. The van der Waals surface area contributed by atoms with E-state index in [9.17, 15) is 13.6 Å². The van der Waals surface area contributed by atoms with Crippen LogP contribution in [0.1, 0.15) is 10.4 Å². The van der Waals surface area contributed by atoms with Crippen molar-refractivity contribution in [1.29, 1.82) is 0 Å². The first-order valence-electron chi connectivity index (χ1n) is 3.73. The molecule has 5 heteroatoms. The van der Waals surface area contributed by atoms with Crippen molar-refractivity contribution in [1.82, 2.24) is 0 Å². The van der Waals surface area contributed by atoms with Crippen molar-refractivity contribution < 1.29 is 18.3 Å². The lowest BCUT2D eigenvalue weighted by Gasteiger charge is -2.04. The van der Waals surface area contributed by atoms with E-state index in [-0.39, 0.29) is 11.1 Å². The number of rotatable bonds is 3. The molecule has 0 N–H and O–H groups in total. The topological polar surface area (TPSA) is 26.3 Å². The van der Waals surface area contributed by atoms with Gasteiger partial charge in [-0.1, -0.05) is 0 Å². The third-order valence-electron chi connectivity index (χ3n) is 1.60. The van der Waals surface area contributed by atoms with E-state index in [4.69, 9.17) is 0 Å². The Morgan fingerprint density at radius 2 is 2.14 bits per heavy atom. The van der Waals surface area contributed by atoms with Gasteiger partial charge < -0.3 is 4.74 Å². The molecule has 1 aromatic rings. The van der Waals surface area contributed by atoms with Gasteiger partial charge in [0.15, 0.2) is 11.6 Å². The van der Waals surface area contributed by atoms with Gasteiger partial charge >= 0.3 is 0 Å². The Balaban J connectivity index is 3.18. The summed E-state index contributed by atoms with van der Waals surface area (Å²) in [7, 11) is 1.28. The first-order chi connectivity index (χ1) is 6.57. The smallest absolute Gasteiger partial charge is 0.194 e. The zero-order valence-electron chi connectivity index (χ0n) is 7.31. The number of ether oxygens (including phenoxy) is 1. The van der Waals surface area contributed by atoms with Crippen LogP contribution in [0.25, 0.3) is 0 Å². The van der Waals surface area contributed by atoms with E-state index in [0.717, 1.165) is 6.07 Å². The number of hydrogen-bond acceptors (Lipinski definition) is 2. The Morgan fingerprint density at radius 3 is 2.71 bits per heavy atom. The summed E-state index contributed by atoms with van der Waals surface area (Å²) in [5.74, 6) is -2.50. The summed E-state index contributed by atoms with van der Waals surface area (Å²) in [4.78, 5) is 11.2. The standard InChI is InChI=1S/C9H7BrF2O2/c1-14-4-7(13)8-6(11)3-2-5(10)9(8)12/h2-3H,4H2,1H3. The maximum atomic E-state index is 13.3. The van der Waals surface area contributed by atoms with Gasteiger partial charge in [0.25, 0.3) is 0 Å². The summed E-state index contributed by atoms with van der Waals surface area (Å²) in [6.07, 6.45) is 0. The predicted molar refractivity (Wildman–Crippen MR) is 50.3 cm³/mol. The molecule has 0 saturated heterocycles. The third-order valence-corrected chi connectivity index (χ3v) is 2.21. The van der Waals surface area contributed by atoms with Crippen molar-refractivity contribution in [2.45, 2.75) is 0 Å². The van der Waals surface area contributed by atoms with Crippen LogP contribution in [-0.2, 0) is 4.74 Å². The zero-order valence-corrected chi connectivity index (χ0v) is 8.90. The second-order valence-corrected chi connectivity index (χ2v) is 3.43. The van der Waals surface area contributed by atoms with Crippen LogP contribution < -0.4 is 0 Å². The van der Waals surface area contributed by atoms with E-state index in [0.29, 0.717) is 0 Å². The predicted octanol–water partition coefficient (Wildman–Crippen LogP) is 2.56. The number of hydrogen-bond donors (Lipinski definition) is 0. The molecule has 0 saturated carbocycles. The van der Waals surface area contributed by atoms with E-state index in [2.05, 4.69) is 20.7 Å². The average Bonchev–Trinajstić information content (AvgIpc) is 2.13. The molecular weight excluding hydrogens is 258 g/mol. The fraction of sp³-hybridized carbons (Fsp3) is 0.222. The fourth-order valence-corrected chi connectivity index (χ4v) is 1.32. The van der Waals surface area contributed by atoms with Crippen molar-refractivity contribution in [3.05, 3.63) is 33.8 Å². The molecule has 0 aromatic heterocycles. The Bertz CT molecular complexity index is 366. The van der Waals surface area contributed by atoms with E-state index in [1.165, 1.54) is 13.2 Å². The number of halogens is 3. The quantitative estimate of drug-likeness (QED) is 0.620. The Kier molecular flexibility index (Phi) is 3.71. The van der Waals surface area contributed by atoms with Crippen molar-refractivity contribution in [2.75, 3.05) is 13.7 Å². The van der Waals surface area contributed by atoms with Crippen molar-refractivity contribution in [3.63, 3.8) is 0 Å². The summed E-state index contributed by atoms with van der Waals surface area (Å²) in [6, 6.07) is 2.23. The van der Waals surface area contributed by atoms with Gasteiger partial charge in [0.2, 0.25) is 0 Å². The molecule has 0 bridgehead atoms. The van der Waals surface area contributed by atoms with Gasteiger partial charge in [0.05, 0.1) is 10.0 Å². The molecule has 1 rings (SSSR count). The van der Waals surface area contributed by atoms with Gasteiger partial charge in [0, 0.05) is 7.11 Å². The first-order valence-corrected chi connectivity index (χ1v) is 4.53. The lowest BCUT2D eigenvalue weighted by atomic mass is 10.1. The van der Waals surface area contributed by atoms with E-state index >= 15 is 0 Å². The lowest BCUT2D eigenvalue weighted by molar-refractivity contribution is 0.0839. The molecule has 14 heavy (non-hydrogen) atoms. The molecule has 0 aliphatic rings. The number of methoxy groups -OCH3 is 1. The van der Waals surface area contributed by atoms with Crippen molar-refractivity contribution in [3.8, 4) is 0 Å². The minimum Gasteiger partial charge on any atom is -0.377 e. The van der Waals surface area contributed by atoms with Crippen LogP contribution in [0, 0.1) is 11.6 Å². The second-order valence-electron chi connectivity index (χ2n) is 2.57. The maximum Gasteiger partial charge on any atom is 0.194 e. The molecule has 76 valence electrons. The monoisotopic (exact) mass is 264 g/mol. The average molecular weight is 265 g/mol. The molecular formula is C9H7BrF2O2. The van der Waals surface area contributed by atoms with Gasteiger partial charge in [-0.25, -0.2) is 8.78 Å². The molecule has 0 radical (unpaired) electrons. The van der Waals surface area contributed by atoms with Gasteiger partial charge in [-0.15, -0.1) is 0 Å². The summed E-state index contributed by atoms with van der Waals surface area (Å²) in [5, 5.41) is 0. The van der Waals surface area contributed by atoms with Crippen LogP contribution in [0.15, 0.2) is 16.6 Å². The SMILES string of the molecule is COCC(=O)c1c(F)ccc(Br)c1F. The second kappa shape index (κ2) is 4.61. The molecule has 0 heterocycles. The molecule has 0 spiro atoms. The Morgan fingerprint density at radius 1 is 1.50 bits per heavy atom. The number of carbonyl (C=O) groups excluding carboxylic acids is 1. The molecule has 0 aliphatic carbocycles. The minimum atomic E-state index is -0.896. The number of Topliss-reactive ketones (excluding diaryl/α,β-unsaturated/α-hetero) is 1. The van der Waals surface area contributed by atoms with Gasteiger partial charge in [-0.2, -0.15) is 0 Å². The van der Waals surface area contributed by atoms with Crippen LogP contribution in [0.3, 0.4) is 0 Å². The van der Waals surface area contributed by atoms with E-state index in [1.54, 1.807) is 0 Å². The van der Waals surface area contributed by atoms with Gasteiger partial charge in [-0.05, 0) is 28.1 Å².